The van der Waals surface area contributed by atoms with Gasteiger partial charge in [0.15, 0.2) is 0 Å². The van der Waals surface area contributed by atoms with Gasteiger partial charge in [0.05, 0.1) is 4.90 Å². The van der Waals surface area contributed by atoms with Crippen LogP contribution in [-0.2, 0) is 16.4 Å². The third kappa shape index (κ3) is 4.71. The van der Waals surface area contributed by atoms with Crippen molar-refractivity contribution in [1.29, 1.82) is 0 Å². The summed E-state index contributed by atoms with van der Waals surface area (Å²) < 4.78 is 27.4. The molecule has 0 amide bonds. The summed E-state index contributed by atoms with van der Waals surface area (Å²) in [7, 11) is -3.38. The lowest BCUT2D eigenvalue weighted by molar-refractivity contribution is 0.579. The van der Waals surface area contributed by atoms with Crippen molar-refractivity contribution < 1.29 is 8.42 Å². The number of sulfonamides is 1. The van der Waals surface area contributed by atoms with Gasteiger partial charge >= 0.3 is 0 Å². The van der Waals surface area contributed by atoms with E-state index in [4.69, 9.17) is 0 Å². The van der Waals surface area contributed by atoms with E-state index < -0.39 is 10.0 Å². The Morgan fingerprint density at radius 3 is 2.43 bits per heavy atom. The first-order valence-corrected chi connectivity index (χ1v) is 10.1. The van der Waals surface area contributed by atoms with Crippen molar-refractivity contribution in [3.63, 3.8) is 0 Å². The van der Waals surface area contributed by atoms with Crippen molar-refractivity contribution in [2.45, 2.75) is 35.8 Å². The van der Waals surface area contributed by atoms with Crippen LogP contribution in [0, 0.1) is 0 Å². The first-order chi connectivity index (χ1) is 10.0. The van der Waals surface area contributed by atoms with Crippen LogP contribution in [0.2, 0.25) is 0 Å². The van der Waals surface area contributed by atoms with Crippen LogP contribution in [-0.4, -0.2) is 39.1 Å². The van der Waals surface area contributed by atoms with Crippen LogP contribution in [0.3, 0.4) is 0 Å². The highest BCUT2D eigenvalue weighted by Gasteiger charge is 2.42. The number of thioether (sulfide) groups is 1. The quantitative estimate of drug-likeness (QED) is 0.681. The Kier molecular flexibility index (Phi) is 5.71. The standard InChI is InChI=1S/C15H24N2O2S2/c1-3-16-11-8-13-4-6-14(7-5-13)21(18,19)17-12-15(20-2)9-10-15/h4-7,16-17H,3,8-12H2,1-2H3. The lowest BCUT2D eigenvalue weighted by atomic mass is 10.1. The molecule has 1 saturated carbocycles. The van der Waals surface area contributed by atoms with Crippen LogP contribution in [0.4, 0.5) is 0 Å². The molecule has 2 N–H and O–H groups in total. The Morgan fingerprint density at radius 2 is 1.90 bits per heavy atom. The third-order valence-electron chi connectivity index (χ3n) is 3.90. The highest BCUT2D eigenvalue weighted by atomic mass is 32.2. The van der Waals surface area contributed by atoms with Gasteiger partial charge < -0.3 is 5.32 Å². The van der Waals surface area contributed by atoms with Crippen molar-refractivity contribution in [1.82, 2.24) is 10.0 Å². The van der Waals surface area contributed by atoms with Crippen molar-refractivity contribution in [2.24, 2.45) is 0 Å². The fourth-order valence-electron chi connectivity index (χ4n) is 2.15. The van der Waals surface area contributed by atoms with Gasteiger partial charge in [-0.15, -0.1) is 0 Å². The molecule has 2 rings (SSSR count). The zero-order valence-electron chi connectivity index (χ0n) is 12.7. The van der Waals surface area contributed by atoms with E-state index >= 15 is 0 Å². The number of nitrogens with one attached hydrogen (secondary N) is 2. The minimum atomic E-state index is -3.38. The molecule has 1 fully saturated rings. The van der Waals surface area contributed by atoms with Gasteiger partial charge in [-0.25, -0.2) is 13.1 Å². The number of likely N-dealkylation sites (N-methyl/N-ethyl adjacent to an activating group) is 1. The summed E-state index contributed by atoms with van der Waals surface area (Å²) in [6, 6.07) is 7.19. The van der Waals surface area contributed by atoms with Gasteiger partial charge in [-0.2, -0.15) is 11.8 Å². The maximum absolute atomic E-state index is 12.3. The van der Waals surface area contributed by atoms with E-state index in [-0.39, 0.29) is 4.75 Å². The molecule has 0 spiro atoms. The van der Waals surface area contributed by atoms with Gasteiger partial charge in [-0.1, -0.05) is 19.1 Å². The van der Waals surface area contributed by atoms with Crippen molar-refractivity contribution in [2.75, 3.05) is 25.9 Å². The summed E-state index contributed by atoms with van der Waals surface area (Å²) in [5, 5.41) is 3.26. The Labute approximate surface area is 132 Å². The minimum Gasteiger partial charge on any atom is -0.317 e. The first-order valence-electron chi connectivity index (χ1n) is 7.36. The normalized spacial score (nSPS) is 16.9. The van der Waals surface area contributed by atoms with E-state index in [9.17, 15) is 8.42 Å². The Bertz CT molecular complexity index is 552. The van der Waals surface area contributed by atoms with Crippen LogP contribution in [0.1, 0.15) is 25.3 Å². The fourth-order valence-corrected chi connectivity index (χ4v) is 4.09. The number of rotatable bonds is 9. The first kappa shape index (κ1) is 16.8. The van der Waals surface area contributed by atoms with E-state index in [1.807, 2.05) is 18.4 Å². The molecule has 118 valence electrons. The highest BCUT2D eigenvalue weighted by molar-refractivity contribution is 8.00. The summed E-state index contributed by atoms with van der Waals surface area (Å²) in [6.07, 6.45) is 5.15. The van der Waals surface area contributed by atoms with Crippen LogP contribution in [0.5, 0.6) is 0 Å². The van der Waals surface area contributed by atoms with Gasteiger partial charge in [-0.3, -0.25) is 0 Å². The SMILES string of the molecule is CCNCCc1ccc(S(=O)(=O)NCC2(SC)CC2)cc1. The molecule has 0 aliphatic heterocycles. The van der Waals surface area contributed by atoms with Crippen LogP contribution >= 0.6 is 11.8 Å². The molecule has 4 nitrogen and oxygen atoms in total. The maximum Gasteiger partial charge on any atom is 0.240 e. The zero-order chi connectivity index (χ0) is 15.3. The largest absolute Gasteiger partial charge is 0.317 e. The second kappa shape index (κ2) is 7.13. The van der Waals surface area contributed by atoms with E-state index in [0.717, 1.165) is 37.9 Å². The summed E-state index contributed by atoms with van der Waals surface area (Å²) >= 11 is 1.75. The van der Waals surface area contributed by atoms with Gasteiger partial charge in [0, 0.05) is 11.3 Å². The van der Waals surface area contributed by atoms with Gasteiger partial charge in [0.1, 0.15) is 0 Å². The summed E-state index contributed by atoms with van der Waals surface area (Å²) in [4.78, 5) is 0.353. The monoisotopic (exact) mass is 328 g/mol. The topological polar surface area (TPSA) is 58.2 Å². The van der Waals surface area contributed by atoms with E-state index in [1.165, 1.54) is 0 Å². The molecule has 1 aliphatic carbocycles. The third-order valence-corrected chi connectivity index (χ3v) is 6.73. The number of benzene rings is 1. The minimum absolute atomic E-state index is 0.138. The Hall–Kier alpha value is -0.560. The second-order valence-corrected chi connectivity index (χ2v) is 8.50. The average molecular weight is 329 g/mol. The zero-order valence-corrected chi connectivity index (χ0v) is 14.3. The lowest BCUT2D eigenvalue weighted by Crippen LogP contribution is -2.31. The fraction of sp³-hybridized carbons (Fsp3) is 0.600. The molecule has 0 heterocycles. The van der Waals surface area contributed by atoms with Crippen LogP contribution < -0.4 is 10.0 Å². The predicted molar refractivity (Wildman–Crippen MR) is 89.4 cm³/mol. The molecule has 0 bridgehead atoms. The smallest absolute Gasteiger partial charge is 0.240 e. The van der Waals surface area contributed by atoms with Gasteiger partial charge in [-0.05, 0) is 56.3 Å². The average Bonchev–Trinajstić information content (AvgIpc) is 3.27. The molecule has 0 saturated heterocycles. The molecule has 1 aliphatic rings. The summed E-state index contributed by atoms with van der Waals surface area (Å²) in [5.41, 5.74) is 1.15. The Balaban J connectivity index is 1.93. The molecule has 0 aromatic heterocycles. The maximum atomic E-state index is 12.3. The van der Waals surface area contributed by atoms with E-state index in [0.29, 0.717) is 11.4 Å². The van der Waals surface area contributed by atoms with E-state index in [1.54, 1.807) is 23.9 Å². The molecule has 6 heteroatoms. The molecule has 21 heavy (non-hydrogen) atoms. The number of hydrogen-bond donors (Lipinski definition) is 2. The van der Waals surface area contributed by atoms with Crippen LogP contribution in [0.15, 0.2) is 29.2 Å². The van der Waals surface area contributed by atoms with Crippen molar-refractivity contribution in [3.05, 3.63) is 29.8 Å². The molecule has 0 unspecified atom stereocenters. The van der Waals surface area contributed by atoms with E-state index in [2.05, 4.69) is 17.0 Å². The molecular formula is C15H24N2O2S2. The molecule has 1 aromatic rings. The Morgan fingerprint density at radius 1 is 1.24 bits per heavy atom. The number of hydrogen-bond acceptors (Lipinski definition) is 4. The summed E-state index contributed by atoms with van der Waals surface area (Å²) in [5.74, 6) is 0. The highest BCUT2D eigenvalue weighted by Crippen LogP contribution is 2.46. The second-order valence-electron chi connectivity index (χ2n) is 5.46. The molecule has 1 aromatic carbocycles. The molecule has 0 atom stereocenters. The summed E-state index contributed by atoms with van der Waals surface area (Å²) in [6.45, 7) is 4.46. The van der Waals surface area contributed by atoms with Gasteiger partial charge in [0.25, 0.3) is 0 Å². The van der Waals surface area contributed by atoms with Crippen molar-refractivity contribution >= 4 is 21.8 Å². The van der Waals surface area contributed by atoms with Crippen molar-refractivity contribution in [3.8, 4) is 0 Å². The van der Waals surface area contributed by atoms with Gasteiger partial charge in [0.2, 0.25) is 10.0 Å². The molecule has 0 radical (unpaired) electrons. The molecular weight excluding hydrogens is 304 g/mol. The van der Waals surface area contributed by atoms with Crippen LogP contribution in [0.25, 0.3) is 0 Å². The lowest BCUT2D eigenvalue weighted by Gasteiger charge is -2.13. The predicted octanol–water partition coefficient (Wildman–Crippen LogP) is 2.01.